The first-order valence-electron chi connectivity index (χ1n) is 6.11. The van der Waals surface area contributed by atoms with Gasteiger partial charge in [-0.1, -0.05) is 37.6 Å². The molecule has 1 aromatic rings. The maximum absolute atomic E-state index is 10.9. The van der Waals surface area contributed by atoms with Crippen LogP contribution in [-0.2, 0) is 10.2 Å². The molecule has 0 unspecified atom stereocenters. The Bertz CT molecular complexity index is 407. The second-order valence-electron chi connectivity index (χ2n) is 5.51. The molecule has 0 fully saturated rings. The summed E-state index contributed by atoms with van der Waals surface area (Å²) in [7, 11) is 0. The molecule has 1 rings (SSSR count). The first-order valence-corrected chi connectivity index (χ1v) is 6.11. The molecule has 0 spiro atoms. The number of ketones is 1. The Morgan fingerprint density at radius 3 is 2.53 bits per heavy atom. The Morgan fingerprint density at radius 1 is 1.29 bits per heavy atom. The van der Waals surface area contributed by atoms with Crippen molar-refractivity contribution in [1.29, 1.82) is 0 Å². The van der Waals surface area contributed by atoms with Crippen molar-refractivity contribution in [1.82, 2.24) is 5.32 Å². The van der Waals surface area contributed by atoms with Gasteiger partial charge in [0.1, 0.15) is 5.78 Å². The van der Waals surface area contributed by atoms with E-state index in [1.54, 1.807) is 6.92 Å². The molecule has 0 atom stereocenters. The lowest BCUT2D eigenvalue weighted by Gasteiger charge is -2.28. The molecule has 0 aliphatic heterocycles. The number of hydrogen-bond acceptors (Lipinski definition) is 2. The van der Waals surface area contributed by atoms with Crippen LogP contribution in [0.1, 0.15) is 37.5 Å². The Labute approximate surface area is 104 Å². The number of benzene rings is 1. The van der Waals surface area contributed by atoms with Gasteiger partial charge in [0, 0.05) is 12.0 Å². The molecule has 0 saturated carbocycles. The molecule has 0 aromatic heterocycles. The highest BCUT2D eigenvalue weighted by atomic mass is 16.1. The molecule has 0 aliphatic carbocycles. The van der Waals surface area contributed by atoms with E-state index >= 15 is 0 Å². The van der Waals surface area contributed by atoms with Gasteiger partial charge in [-0.25, -0.2) is 0 Å². The molecule has 1 aromatic carbocycles. The van der Waals surface area contributed by atoms with Crippen LogP contribution in [0.15, 0.2) is 18.2 Å². The Hall–Kier alpha value is -1.15. The molecule has 0 aliphatic rings. The zero-order chi connectivity index (χ0) is 13.1. The van der Waals surface area contributed by atoms with E-state index in [1.807, 2.05) is 0 Å². The highest BCUT2D eigenvalue weighted by Gasteiger charge is 2.22. The molecule has 94 valence electrons. The summed E-state index contributed by atoms with van der Waals surface area (Å²) in [5, 5.41) is 3.22. The number of nitrogens with one attached hydrogen (secondary N) is 1. The quantitative estimate of drug-likeness (QED) is 0.847. The van der Waals surface area contributed by atoms with Crippen LogP contribution < -0.4 is 5.32 Å². The molecule has 0 amide bonds. The summed E-state index contributed by atoms with van der Waals surface area (Å²) in [5.41, 5.74) is 4.00. The first-order chi connectivity index (χ1) is 7.83. The standard InChI is InChI=1S/C15H23NO/c1-11-6-7-12(2)14(8-11)15(4,5)10-16-9-13(3)17/h6-8,16H,9-10H2,1-5H3. The summed E-state index contributed by atoms with van der Waals surface area (Å²) in [5.74, 6) is 0.182. The van der Waals surface area contributed by atoms with E-state index in [0.717, 1.165) is 6.54 Å². The number of aryl methyl sites for hydroxylation is 2. The summed E-state index contributed by atoms with van der Waals surface area (Å²) in [6.07, 6.45) is 0. The fraction of sp³-hybridized carbons (Fsp3) is 0.533. The van der Waals surface area contributed by atoms with Gasteiger partial charge in [0.15, 0.2) is 0 Å². The number of carbonyl (C=O) groups is 1. The molecular formula is C15H23NO. The van der Waals surface area contributed by atoms with Crippen LogP contribution in [0.25, 0.3) is 0 Å². The SMILES string of the molecule is CC(=O)CNCC(C)(C)c1cc(C)ccc1C. The van der Waals surface area contributed by atoms with Crippen LogP contribution in [0.5, 0.6) is 0 Å². The van der Waals surface area contributed by atoms with Crippen LogP contribution in [0.2, 0.25) is 0 Å². The van der Waals surface area contributed by atoms with Crippen molar-refractivity contribution in [2.24, 2.45) is 0 Å². The zero-order valence-electron chi connectivity index (χ0n) is 11.6. The van der Waals surface area contributed by atoms with E-state index in [0.29, 0.717) is 6.54 Å². The summed E-state index contributed by atoms with van der Waals surface area (Å²) in [6, 6.07) is 6.54. The van der Waals surface area contributed by atoms with Crippen LogP contribution in [0.4, 0.5) is 0 Å². The van der Waals surface area contributed by atoms with Crippen molar-refractivity contribution in [2.75, 3.05) is 13.1 Å². The molecule has 0 radical (unpaired) electrons. The van der Waals surface area contributed by atoms with Crippen molar-refractivity contribution in [2.45, 2.75) is 40.0 Å². The fourth-order valence-corrected chi connectivity index (χ4v) is 2.11. The lowest BCUT2D eigenvalue weighted by atomic mass is 9.81. The molecule has 2 heteroatoms. The van der Waals surface area contributed by atoms with Crippen LogP contribution >= 0.6 is 0 Å². The summed E-state index contributed by atoms with van der Waals surface area (Å²) >= 11 is 0. The van der Waals surface area contributed by atoms with Gasteiger partial charge in [0.05, 0.1) is 6.54 Å². The van der Waals surface area contributed by atoms with Crippen LogP contribution in [-0.4, -0.2) is 18.9 Å². The van der Waals surface area contributed by atoms with Gasteiger partial charge in [-0.15, -0.1) is 0 Å². The minimum atomic E-state index is 0.0472. The van der Waals surface area contributed by atoms with Gasteiger partial charge in [-0.05, 0) is 31.9 Å². The normalized spacial score (nSPS) is 11.6. The first kappa shape index (κ1) is 13.9. The average molecular weight is 233 g/mol. The second-order valence-corrected chi connectivity index (χ2v) is 5.51. The number of rotatable bonds is 5. The third-order valence-electron chi connectivity index (χ3n) is 3.06. The van der Waals surface area contributed by atoms with Crippen molar-refractivity contribution in [3.05, 3.63) is 34.9 Å². The van der Waals surface area contributed by atoms with E-state index in [2.05, 4.69) is 51.2 Å². The minimum absolute atomic E-state index is 0.0472. The topological polar surface area (TPSA) is 29.1 Å². The molecule has 1 N–H and O–H groups in total. The molecule has 0 saturated heterocycles. The van der Waals surface area contributed by atoms with Gasteiger partial charge >= 0.3 is 0 Å². The van der Waals surface area contributed by atoms with E-state index in [-0.39, 0.29) is 11.2 Å². The van der Waals surface area contributed by atoms with Crippen molar-refractivity contribution >= 4 is 5.78 Å². The predicted octanol–water partition coefficient (Wildman–Crippen LogP) is 2.76. The van der Waals surface area contributed by atoms with Gasteiger partial charge in [0.25, 0.3) is 0 Å². The van der Waals surface area contributed by atoms with Crippen molar-refractivity contribution < 1.29 is 4.79 Å². The van der Waals surface area contributed by atoms with Crippen LogP contribution in [0.3, 0.4) is 0 Å². The van der Waals surface area contributed by atoms with E-state index in [4.69, 9.17) is 0 Å². The van der Waals surface area contributed by atoms with Crippen molar-refractivity contribution in [3.8, 4) is 0 Å². The summed E-state index contributed by atoms with van der Waals surface area (Å²) < 4.78 is 0. The molecule has 17 heavy (non-hydrogen) atoms. The number of Topliss-reactive ketones (excluding diaryl/α,β-unsaturated/α-hetero) is 1. The fourth-order valence-electron chi connectivity index (χ4n) is 2.11. The molecular weight excluding hydrogens is 210 g/mol. The number of hydrogen-bond donors (Lipinski definition) is 1. The third kappa shape index (κ3) is 3.97. The Kier molecular flexibility index (Phi) is 4.47. The zero-order valence-corrected chi connectivity index (χ0v) is 11.6. The monoisotopic (exact) mass is 233 g/mol. The molecule has 0 heterocycles. The molecule has 2 nitrogen and oxygen atoms in total. The van der Waals surface area contributed by atoms with Gasteiger partial charge < -0.3 is 5.32 Å². The van der Waals surface area contributed by atoms with E-state index in [1.165, 1.54) is 16.7 Å². The van der Waals surface area contributed by atoms with Crippen molar-refractivity contribution in [3.63, 3.8) is 0 Å². The minimum Gasteiger partial charge on any atom is -0.309 e. The maximum atomic E-state index is 10.9. The lowest BCUT2D eigenvalue weighted by Crippen LogP contribution is -2.35. The largest absolute Gasteiger partial charge is 0.309 e. The third-order valence-corrected chi connectivity index (χ3v) is 3.06. The van der Waals surface area contributed by atoms with E-state index in [9.17, 15) is 4.79 Å². The second kappa shape index (κ2) is 5.46. The highest BCUT2D eigenvalue weighted by molar-refractivity contribution is 5.77. The average Bonchev–Trinajstić information content (AvgIpc) is 2.20. The highest BCUT2D eigenvalue weighted by Crippen LogP contribution is 2.26. The predicted molar refractivity (Wildman–Crippen MR) is 72.5 cm³/mol. The lowest BCUT2D eigenvalue weighted by molar-refractivity contribution is -0.116. The van der Waals surface area contributed by atoms with Gasteiger partial charge in [0.2, 0.25) is 0 Å². The van der Waals surface area contributed by atoms with E-state index < -0.39 is 0 Å². The smallest absolute Gasteiger partial charge is 0.143 e. The summed E-state index contributed by atoms with van der Waals surface area (Å²) in [6.45, 7) is 11.6. The van der Waals surface area contributed by atoms with Gasteiger partial charge in [-0.2, -0.15) is 0 Å². The molecule has 0 bridgehead atoms. The summed E-state index contributed by atoms with van der Waals surface area (Å²) in [4.78, 5) is 10.9. The maximum Gasteiger partial charge on any atom is 0.143 e. The van der Waals surface area contributed by atoms with Crippen LogP contribution in [0, 0.1) is 13.8 Å². The number of carbonyl (C=O) groups excluding carboxylic acids is 1. The van der Waals surface area contributed by atoms with Gasteiger partial charge in [-0.3, -0.25) is 4.79 Å². The Morgan fingerprint density at radius 2 is 1.94 bits per heavy atom. The Balaban J connectivity index is 2.81.